The van der Waals surface area contributed by atoms with E-state index in [2.05, 4.69) is 395 Å². The van der Waals surface area contributed by atoms with Crippen LogP contribution in [0.25, 0.3) is 164 Å². The molecular weight excluding hydrogens is 1540 g/mol. The monoisotopic (exact) mass is 1680 g/mol. The Morgan fingerprint density at radius 2 is 0.222 bits per heavy atom. The van der Waals surface area contributed by atoms with Gasteiger partial charge in [-0.25, -0.2) is 0 Å². The predicted octanol–water partition coefficient (Wildman–Crippen LogP) is 34.2. The molecule has 16 rings (SSSR count). The van der Waals surface area contributed by atoms with E-state index in [-0.39, 0.29) is 0 Å². The van der Waals surface area contributed by atoms with Gasteiger partial charge in [0.2, 0.25) is 0 Å². The minimum Gasteiger partial charge on any atom is -0.507 e. The van der Waals surface area contributed by atoms with E-state index in [4.69, 9.17) is 0 Å². The van der Waals surface area contributed by atoms with Gasteiger partial charge < -0.3 is 30.6 Å². The minimum atomic E-state index is -0.447. The number of fused-ring (bicyclic) bond motifs is 12. The first-order chi connectivity index (χ1) is 57.6. The minimum absolute atomic E-state index is 0.320. The Labute approximate surface area is 750 Å². The van der Waals surface area contributed by atoms with E-state index in [0.717, 1.165) is 230 Å². The maximum atomic E-state index is 12.7. The maximum absolute atomic E-state index is 12.7. The van der Waals surface area contributed by atoms with Crippen LogP contribution in [0.1, 0.15) is 316 Å². The second kappa shape index (κ2) is 28.0. The van der Waals surface area contributed by atoms with Crippen molar-refractivity contribution in [1.82, 2.24) is 0 Å². The van der Waals surface area contributed by atoms with E-state index in [1.807, 2.05) is 0 Å². The first-order valence-corrected chi connectivity index (χ1v) is 46.0. The molecule has 16 aromatic carbocycles. The SMILES string of the molecule is CC(C)(C)c1cc(-c2ccc3c4c2c(-c2cc(C(C)(C)C)c(O)c(C(C)(C)C)c2)ccc4c2c3c3c4ccc(-c5cc(C(C)(C)C)c(O)c(C(C)(C)C)c5)c5c(-c6cc(C(C)(C)C)c(O)c(C(C)(C)C)c6)ccc(c54)c3c3c4ccc(-c5cc(C(C)(C)C)c(O)c(C(C)(C)C)c5)c5c(-c6cc(C(C)(C)C)c(O)c(C(C)(C)C)c6)ccc(c54)c23)cc(C(C)(C)C)c1O. The van der Waals surface area contributed by atoms with E-state index >= 15 is 0 Å². The first-order valence-electron chi connectivity index (χ1n) is 46.0. The lowest BCUT2D eigenvalue weighted by Crippen LogP contribution is -2.17. The van der Waals surface area contributed by atoms with Crippen LogP contribution in [0.4, 0.5) is 0 Å². The molecule has 6 heteroatoms. The highest BCUT2D eigenvalue weighted by Crippen LogP contribution is 2.62. The van der Waals surface area contributed by atoms with Gasteiger partial charge in [0.05, 0.1) is 0 Å². The van der Waals surface area contributed by atoms with Crippen LogP contribution in [0.5, 0.6) is 34.5 Å². The van der Waals surface area contributed by atoms with Crippen LogP contribution in [0, 0.1) is 0 Å². The highest BCUT2D eigenvalue weighted by molar-refractivity contribution is 6.57. The predicted molar refractivity (Wildman–Crippen MR) is 545 cm³/mol. The summed E-state index contributed by atoms with van der Waals surface area (Å²) in [6, 6.07) is 55.9. The molecule has 0 aliphatic rings. The molecule has 6 nitrogen and oxygen atoms in total. The molecule has 0 unspecified atom stereocenters. The summed E-state index contributed by atoms with van der Waals surface area (Å²) in [5, 5.41) is 96.6. The van der Waals surface area contributed by atoms with Gasteiger partial charge in [-0.15, -0.1) is 0 Å². The van der Waals surface area contributed by atoms with Crippen LogP contribution < -0.4 is 0 Å². The molecule has 0 atom stereocenters. The van der Waals surface area contributed by atoms with Gasteiger partial charge in [0.25, 0.3) is 0 Å². The summed E-state index contributed by atoms with van der Waals surface area (Å²) < 4.78 is 0. The van der Waals surface area contributed by atoms with Crippen molar-refractivity contribution in [3.8, 4) is 101 Å². The summed E-state index contributed by atoms with van der Waals surface area (Å²) >= 11 is 0. The van der Waals surface area contributed by atoms with Crippen molar-refractivity contribution in [2.24, 2.45) is 0 Å². The molecule has 654 valence electrons. The highest BCUT2D eigenvalue weighted by Gasteiger charge is 2.39. The third-order valence-corrected chi connectivity index (χ3v) is 27.8. The van der Waals surface area contributed by atoms with E-state index in [0.29, 0.717) is 34.5 Å². The Morgan fingerprint density at radius 3 is 0.310 bits per heavy atom. The summed E-state index contributed by atoms with van der Waals surface area (Å²) in [4.78, 5) is 0. The van der Waals surface area contributed by atoms with Crippen LogP contribution in [0.15, 0.2) is 146 Å². The number of phenolic OH excluding ortho intramolecular Hbond substituents is 6. The number of phenols is 6. The number of aromatic hydroxyl groups is 6. The molecule has 6 N–H and O–H groups in total. The van der Waals surface area contributed by atoms with Gasteiger partial charge in [-0.2, -0.15) is 0 Å². The molecule has 0 fully saturated rings. The van der Waals surface area contributed by atoms with E-state index in [9.17, 15) is 30.6 Å². The number of rotatable bonds is 6. The van der Waals surface area contributed by atoms with Crippen LogP contribution in [0.3, 0.4) is 0 Å². The van der Waals surface area contributed by atoms with Gasteiger partial charge in [-0.1, -0.05) is 322 Å². The second-order valence-corrected chi connectivity index (χ2v) is 50.0. The molecule has 0 bridgehead atoms. The number of benzene rings is 13. The van der Waals surface area contributed by atoms with Crippen LogP contribution in [0.2, 0.25) is 0 Å². The van der Waals surface area contributed by atoms with Crippen molar-refractivity contribution in [3.05, 3.63) is 212 Å². The Hall–Kier alpha value is -10.6. The fraction of sp³-hybridized carbons (Fsp3) is 0.400. The van der Waals surface area contributed by atoms with Crippen molar-refractivity contribution in [1.29, 1.82) is 0 Å². The van der Waals surface area contributed by atoms with Crippen molar-refractivity contribution >= 4 is 97.0 Å². The lowest BCUT2D eigenvalue weighted by atomic mass is 9.76. The smallest absolute Gasteiger partial charge is 0.123 e. The Kier molecular flexibility index (Phi) is 19.7. The molecular formula is C120H138O6. The maximum Gasteiger partial charge on any atom is 0.123 e. The largest absolute Gasteiger partial charge is 0.507 e. The lowest BCUT2D eigenvalue weighted by molar-refractivity contribution is 0.422. The zero-order valence-electron chi connectivity index (χ0n) is 82.5. The molecule has 0 saturated heterocycles. The summed E-state index contributed by atoms with van der Waals surface area (Å²) in [7, 11) is 0. The van der Waals surface area contributed by atoms with E-state index in [1.54, 1.807) is 0 Å². The van der Waals surface area contributed by atoms with Gasteiger partial charge in [-0.05, 0) is 301 Å². The van der Waals surface area contributed by atoms with Crippen LogP contribution >= 0.6 is 0 Å². The molecule has 16 aromatic rings. The first kappa shape index (κ1) is 88.9. The van der Waals surface area contributed by atoms with Crippen molar-refractivity contribution in [2.45, 2.75) is 314 Å². The molecule has 0 aliphatic carbocycles. The summed E-state index contributed by atoms with van der Waals surface area (Å²) in [6.07, 6.45) is 0. The van der Waals surface area contributed by atoms with Crippen molar-refractivity contribution < 1.29 is 30.6 Å². The zero-order valence-corrected chi connectivity index (χ0v) is 82.5. The zero-order chi connectivity index (χ0) is 92.7. The van der Waals surface area contributed by atoms with Gasteiger partial charge in [0, 0.05) is 66.8 Å². The van der Waals surface area contributed by atoms with Crippen LogP contribution in [-0.2, 0) is 65.0 Å². The molecule has 0 aliphatic heterocycles. The molecule has 0 aromatic heterocycles. The molecule has 0 radical (unpaired) electrons. The standard InChI is InChI=1S/C120H138O6/c1-109(2,3)79-49-61(50-80(103(79)121)110(4,5)6)67-37-43-73-94-74(44-38-68(91(67)94)62-51-81(111(7,8)9)104(122)82(52-62)112(10,11)12)98-97(73)99-75-45-39-69(63-53-83(113(13,14)15)105(123)84(54-63)114(16,17)18)92-71(65-57-87(117(25,26)27)107(125)88(58-65)118(28,29)30)41-47-77(95(75)92)101(99)102-78-48-42-72(66-59-89(119(31,32)33)108(126)90(60-66)120(34,35)36)93-70(40-46-76(96(78)93)100(98)102)64-55-85(115(19,20)21)106(124)86(56-64)116(22,23)24/h37-60,121-126H,1-36H3. The van der Waals surface area contributed by atoms with Crippen LogP contribution in [-0.4, -0.2) is 30.6 Å². The topological polar surface area (TPSA) is 121 Å². The van der Waals surface area contributed by atoms with E-state index in [1.165, 1.54) is 0 Å². The Morgan fingerprint density at radius 1 is 0.127 bits per heavy atom. The fourth-order valence-electron chi connectivity index (χ4n) is 21.1. The number of hydrogen-bond acceptors (Lipinski definition) is 6. The Balaban J connectivity index is 1.24. The second-order valence-electron chi connectivity index (χ2n) is 50.0. The van der Waals surface area contributed by atoms with Crippen molar-refractivity contribution in [2.75, 3.05) is 0 Å². The molecule has 0 spiro atoms. The molecule has 0 heterocycles. The van der Waals surface area contributed by atoms with Gasteiger partial charge >= 0.3 is 0 Å². The average Bonchev–Trinajstić information content (AvgIpc) is 1.49. The molecule has 126 heavy (non-hydrogen) atoms. The third kappa shape index (κ3) is 14.1. The lowest BCUT2D eigenvalue weighted by Gasteiger charge is -2.29. The number of hydrogen-bond donors (Lipinski definition) is 6. The van der Waals surface area contributed by atoms with Gasteiger partial charge in [-0.3, -0.25) is 0 Å². The Bertz CT molecular complexity index is 5910. The summed E-state index contributed by atoms with van der Waals surface area (Å²) in [5.41, 5.74) is 17.4. The van der Waals surface area contributed by atoms with Gasteiger partial charge in [0.1, 0.15) is 34.5 Å². The van der Waals surface area contributed by atoms with Crippen molar-refractivity contribution in [3.63, 3.8) is 0 Å². The molecule has 0 amide bonds. The average molecular weight is 1680 g/mol. The third-order valence-electron chi connectivity index (χ3n) is 27.8. The normalized spacial score (nSPS) is 13.9. The quantitative estimate of drug-likeness (QED) is 0.0986. The summed E-state index contributed by atoms with van der Waals surface area (Å²) in [6.45, 7) is 79.2. The van der Waals surface area contributed by atoms with E-state index < -0.39 is 65.0 Å². The van der Waals surface area contributed by atoms with Gasteiger partial charge in [0.15, 0.2) is 0 Å². The fourth-order valence-corrected chi connectivity index (χ4v) is 21.1. The summed E-state index contributed by atoms with van der Waals surface area (Å²) in [5.74, 6) is 1.92. The molecule has 0 saturated carbocycles. The highest BCUT2D eigenvalue weighted by atomic mass is 16.3.